The smallest absolute Gasteiger partial charge is 0.435 e. The van der Waals surface area contributed by atoms with Gasteiger partial charge in [0, 0.05) is 0 Å². The molecule has 3 atom stereocenters. The second-order valence-electron chi connectivity index (χ2n) is 5.46. The topological polar surface area (TPSA) is 105 Å². The molecule has 116 valence electrons. The van der Waals surface area contributed by atoms with Crippen molar-refractivity contribution in [3.63, 3.8) is 0 Å². The molecule has 1 aliphatic rings. The third kappa shape index (κ3) is 3.71. The molecule has 20 heavy (non-hydrogen) atoms. The fourth-order valence-electron chi connectivity index (χ4n) is 1.81. The highest BCUT2D eigenvalue weighted by molar-refractivity contribution is 7.51. The second kappa shape index (κ2) is 5.71. The SMILES string of the molecule is CCOP(=O)(O)N1C(=O)[C@@H](NC(=O)OC(C)(C)C)[C@@H]1C. The first-order valence-corrected chi connectivity index (χ1v) is 7.83. The third-order valence-corrected chi connectivity index (χ3v) is 4.30. The summed E-state index contributed by atoms with van der Waals surface area (Å²) in [6.07, 6.45) is -0.744. The molecule has 1 aliphatic heterocycles. The van der Waals surface area contributed by atoms with E-state index in [1.54, 1.807) is 34.6 Å². The van der Waals surface area contributed by atoms with E-state index >= 15 is 0 Å². The number of nitrogens with zero attached hydrogens (tertiary/aromatic N) is 1. The van der Waals surface area contributed by atoms with Crippen LogP contribution in [-0.2, 0) is 18.6 Å². The number of hydrogen-bond acceptors (Lipinski definition) is 5. The summed E-state index contributed by atoms with van der Waals surface area (Å²) in [5, 5.41) is 2.38. The van der Waals surface area contributed by atoms with Gasteiger partial charge in [0.2, 0.25) is 0 Å². The highest BCUT2D eigenvalue weighted by Gasteiger charge is 2.54. The zero-order valence-corrected chi connectivity index (χ0v) is 13.1. The number of amides is 2. The molecule has 0 bridgehead atoms. The summed E-state index contributed by atoms with van der Waals surface area (Å²) >= 11 is 0. The Morgan fingerprint density at radius 3 is 2.45 bits per heavy atom. The molecule has 1 rings (SSSR count). The van der Waals surface area contributed by atoms with Crippen LogP contribution in [0.2, 0.25) is 0 Å². The highest BCUT2D eigenvalue weighted by Crippen LogP contribution is 2.52. The zero-order chi connectivity index (χ0) is 15.7. The maximum Gasteiger partial charge on any atom is 0.435 e. The number of nitrogens with one attached hydrogen (secondary N) is 1. The molecular weight excluding hydrogens is 287 g/mol. The first kappa shape index (κ1) is 16.9. The fraction of sp³-hybridized carbons (Fsp3) is 0.818. The molecule has 0 aliphatic carbocycles. The van der Waals surface area contributed by atoms with E-state index in [4.69, 9.17) is 4.74 Å². The maximum absolute atomic E-state index is 11.8. The van der Waals surface area contributed by atoms with Gasteiger partial charge in [-0.2, -0.15) is 0 Å². The lowest BCUT2D eigenvalue weighted by atomic mass is 10.0. The van der Waals surface area contributed by atoms with Crippen LogP contribution in [0, 0.1) is 0 Å². The molecule has 0 radical (unpaired) electrons. The van der Waals surface area contributed by atoms with Crippen molar-refractivity contribution in [3.05, 3.63) is 0 Å². The summed E-state index contributed by atoms with van der Waals surface area (Å²) in [6.45, 7) is 8.19. The largest absolute Gasteiger partial charge is 0.444 e. The van der Waals surface area contributed by atoms with Crippen molar-refractivity contribution in [1.82, 2.24) is 9.99 Å². The number of ether oxygens (including phenoxy) is 1. The lowest BCUT2D eigenvalue weighted by Gasteiger charge is -2.45. The summed E-state index contributed by atoms with van der Waals surface area (Å²) in [4.78, 5) is 33.0. The number of hydrogen-bond donors (Lipinski definition) is 2. The molecule has 0 aromatic carbocycles. The lowest BCUT2D eigenvalue weighted by Crippen LogP contribution is -2.68. The molecule has 1 fully saturated rings. The average Bonchev–Trinajstić information content (AvgIpc) is 2.23. The number of β-lactam (4-membered cyclic amide) rings is 1. The van der Waals surface area contributed by atoms with Crippen LogP contribution in [-0.4, -0.2) is 45.9 Å². The fourth-order valence-corrected chi connectivity index (χ4v) is 3.24. The van der Waals surface area contributed by atoms with Gasteiger partial charge in [-0.25, -0.2) is 14.0 Å². The second-order valence-corrected chi connectivity index (χ2v) is 7.13. The van der Waals surface area contributed by atoms with E-state index in [0.29, 0.717) is 0 Å². The first-order valence-electron chi connectivity index (χ1n) is 6.30. The number of carbonyl (C=O) groups excluding carboxylic acids is 2. The summed E-state index contributed by atoms with van der Waals surface area (Å²) in [7, 11) is -4.14. The predicted octanol–water partition coefficient (Wildman–Crippen LogP) is 1.25. The van der Waals surface area contributed by atoms with Gasteiger partial charge in [0.05, 0.1) is 12.6 Å². The van der Waals surface area contributed by atoms with E-state index in [1.807, 2.05) is 0 Å². The van der Waals surface area contributed by atoms with E-state index in [9.17, 15) is 19.0 Å². The van der Waals surface area contributed by atoms with Crippen molar-refractivity contribution in [1.29, 1.82) is 0 Å². The van der Waals surface area contributed by atoms with Gasteiger partial charge in [-0.15, -0.1) is 0 Å². The predicted molar refractivity (Wildman–Crippen MR) is 70.9 cm³/mol. The summed E-state index contributed by atoms with van der Waals surface area (Å²) in [5.74, 6) is -0.664. The molecule has 2 amide bonds. The molecule has 1 saturated heterocycles. The molecule has 8 nitrogen and oxygen atoms in total. The average molecular weight is 308 g/mol. The van der Waals surface area contributed by atoms with Gasteiger partial charge in [-0.3, -0.25) is 9.32 Å². The Bertz CT molecular complexity index is 447. The highest BCUT2D eigenvalue weighted by atomic mass is 31.2. The number of alkyl carbamates (subject to hydrolysis) is 1. The van der Waals surface area contributed by atoms with Crippen LogP contribution in [0.4, 0.5) is 4.79 Å². The van der Waals surface area contributed by atoms with Crippen molar-refractivity contribution in [3.8, 4) is 0 Å². The van der Waals surface area contributed by atoms with E-state index in [2.05, 4.69) is 9.84 Å². The maximum atomic E-state index is 11.8. The van der Waals surface area contributed by atoms with Crippen LogP contribution in [0.5, 0.6) is 0 Å². The summed E-state index contributed by atoms with van der Waals surface area (Å²) in [6, 6.07) is -1.52. The molecular formula is C11H21N2O6P. The Balaban J connectivity index is 2.64. The Kier molecular flexibility index (Phi) is 4.84. The van der Waals surface area contributed by atoms with Crippen LogP contribution in [0.25, 0.3) is 0 Å². The van der Waals surface area contributed by atoms with Crippen molar-refractivity contribution in [2.75, 3.05) is 6.61 Å². The summed E-state index contributed by atoms with van der Waals surface area (Å²) < 4.78 is 22.2. The molecule has 1 heterocycles. The molecule has 0 aromatic heterocycles. The standard InChI is InChI=1S/C11H21N2O6P/c1-6-18-20(16,17)13-7(2)8(9(13)14)12-10(15)19-11(3,4)5/h7-8H,6H2,1-5H3,(H,12,15)(H,16,17)/t7-,8-/m0/s1. The minimum absolute atomic E-state index is 0.00837. The van der Waals surface area contributed by atoms with Gasteiger partial charge in [0.25, 0.3) is 5.91 Å². The van der Waals surface area contributed by atoms with Gasteiger partial charge in [0.15, 0.2) is 0 Å². The third-order valence-electron chi connectivity index (χ3n) is 2.60. The van der Waals surface area contributed by atoms with Gasteiger partial charge >= 0.3 is 13.8 Å². The van der Waals surface area contributed by atoms with E-state index in [-0.39, 0.29) is 6.61 Å². The van der Waals surface area contributed by atoms with Crippen LogP contribution in [0.1, 0.15) is 34.6 Å². The number of rotatable bonds is 4. The molecule has 1 unspecified atom stereocenters. The normalized spacial score (nSPS) is 25.7. The van der Waals surface area contributed by atoms with Crippen molar-refractivity contribution >= 4 is 19.7 Å². The van der Waals surface area contributed by atoms with Gasteiger partial charge in [-0.05, 0) is 34.6 Å². The Labute approximate surface area is 118 Å². The summed E-state index contributed by atoms with van der Waals surface area (Å²) in [5.41, 5.74) is -0.683. The molecule has 0 spiro atoms. The Morgan fingerprint density at radius 2 is 2.05 bits per heavy atom. The van der Waals surface area contributed by atoms with Crippen LogP contribution >= 0.6 is 7.75 Å². The van der Waals surface area contributed by atoms with Crippen LogP contribution in [0.15, 0.2) is 0 Å². The monoisotopic (exact) mass is 308 g/mol. The number of carbonyl (C=O) groups is 2. The Morgan fingerprint density at radius 1 is 1.50 bits per heavy atom. The quantitative estimate of drug-likeness (QED) is 0.598. The minimum atomic E-state index is -4.14. The lowest BCUT2D eigenvalue weighted by molar-refractivity contribution is -0.143. The van der Waals surface area contributed by atoms with Gasteiger partial charge < -0.3 is 14.9 Å². The van der Waals surface area contributed by atoms with Gasteiger partial charge in [-0.1, -0.05) is 0 Å². The molecule has 9 heteroatoms. The van der Waals surface area contributed by atoms with Crippen molar-refractivity contribution in [2.24, 2.45) is 0 Å². The zero-order valence-electron chi connectivity index (χ0n) is 12.2. The van der Waals surface area contributed by atoms with Crippen molar-refractivity contribution < 1.29 is 28.3 Å². The van der Waals surface area contributed by atoms with Crippen molar-refractivity contribution in [2.45, 2.75) is 52.3 Å². The molecule has 0 saturated carbocycles. The molecule has 0 aromatic rings. The molecule has 2 N–H and O–H groups in total. The van der Waals surface area contributed by atoms with Crippen LogP contribution in [0.3, 0.4) is 0 Å². The van der Waals surface area contributed by atoms with E-state index in [1.165, 1.54) is 0 Å². The minimum Gasteiger partial charge on any atom is -0.444 e. The van der Waals surface area contributed by atoms with E-state index < -0.39 is 37.4 Å². The van der Waals surface area contributed by atoms with E-state index in [0.717, 1.165) is 4.67 Å². The first-order chi connectivity index (χ1) is 8.99. The van der Waals surface area contributed by atoms with Crippen LogP contribution < -0.4 is 5.32 Å². The Hall–Kier alpha value is -1.11. The van der Waals surface area contributed by atoms with Gasteiger partial charge in [0.1, 0.15) is 11.6 Å².